The zero-order valence-electron chi connectivity index (χ0n) is 10.6. The van der Waals surface area contributed by atoms with E-state index >= 15 is 0 Å². The molecule has 0 spiro atoms. The van der Waals surface area contributed by atoms with E-state index in [1.54, 1.807) is 30.3 Å². The van der Waals surface area contributed by atoms with Crippen LogP contribution in [0.15, 0.2) is 53.2 Å². The first-order valence-electron chi connectivity index (χ1n) is 6.16. The predicted octanol–water partition coefficient (Wildman–Crippen LogP) is 2.28. The van der Waals surface area contributed by atoms with Gasteiger partial charge < -0.3 is 9.73 Å². The molecular weight excluding hydrogens is 256 g/mol. The molecule has 2 aromatic rings. The number of carbonyl (C=O) groups excluding carboxylic acids is 2. The molecule has 0 atom stereocenters. The molecule has 2 amide bonds. The molecule has 0 radical (unpaired) electrons. The van der Waals surface area contributed by atoms with Crippen LogP contribution >= 0.6 is 0 Å². The lowest BCUT2D eigenvalue weighted by molar-refractivity contribution is -0.119. The lowest BCUT2D eigenvalue weighted by Crippen LogP contribution is -2.41. The summed E-state index contributed by atoms with van der Waals surface area (Å²) in [6.07, 6.45) is 4.51. The summed E-state index contributed by atoms with van der Waals surface area (Å²) in [7, 11) is 0. The number of rotatable bonds is 2. The number of carbonyl (C=O) groups is 2. The Morgan fingerprint density at radius 1 is 1.25 bits per heavy atom. The van der Waals surface area contributed by atoms with E-state index in [0.717, 1.165) is 0 Å². The first-order valence-corrected chi connectivity index (χ1v) is 6.16. The summed E-state index contributed by atoms with van der Waals surface area (Å²) in [5.74, 6) is 0.125. The molecule has 0 saturated heterocycles. The second-order valence-electron chi connectivity index (χ2n) is 4.34. The van der Waals surface area contributed by atoms with Gasteiger partial charge in [-0.15, -0.1) is 0 Å². The van der Waals surface area contributed by atoms with E-state index in [4.69, 9.17) is 4.42 Å². The number of furan rings is 1. The SMILES string of the molecule is O=C1CN(C(=O)/C=C\c2ccco2)c2ccccc2N1. The maximum absolute atomic E-state index is 12.2. The van der Waals surface area contributed by atoms with E-state index in [1.807, 2.05) is 12.1 Å². The van der Waals surface area contributed by atoms with Gasteiger partial charge in [0.15, 0.2) is 0 Å². The normalized spacial score (nSPS) is 14.2. The minimum Gasteiger partial charge on any atom is -0.465 e. The van der Waals surface area contributed by atoms with Gasteiger partial charge in [-0.05, 0) is 30.3 Å². The molecule has 0 fully saturated rings. The molecule has 1 aromatic heterocycles. The van der Waals surface area contributed by atoms with Crippen LogP contribution in [0.25, 0.3) is 6.08 Å². The van der Waals surface area contributed by atoms with Gasteiger partial charge in [-0.25, -0.2) is 0 Å². The van der Waals surface area contributed by atoms with E-state index in [1.165, 1.54) is 17.2 Å². The summed E-state index contributed by atoms with van der Waals surface area (Å²) in [6, 6.07) is 10.7. The number of nitrogens with zero attached hydrogens (tertiary/aromatic N) is 1. The van der Waals surface area contributed by atoms with Crippen LogP contribution in [0.4, 0.5) is 11.4 Å². The van der Waals surface area contributed by atoms with Crippen LogP contribution < -0.4 is 10.2 Å². The first-order chi connectivity index (χ1) is 9.74. The van der Waals surface area contributed by atoms with Crippen LogP contribution in [0.5, 0.6) is 0 Å². The highest BCUT2D eigenvalue weighted by molar-refractivity contribution is 6.13. The van der Waals surface area contributed by atoms with E-state index < -0.39 is 0 Å². The van der Waals surface area contributed by atoms with Crippen LogP contribution in [-0.2, 0) is 9.59 Å². The highest BCUT2D eigenvalue weighted by Crippen LogP contribution is 2.29. The standard InChI is InChI=1S/C15H12N2O3/c18-14-10-17(13-6-2-1-5-12(13)16-14)15(19)8-7-11-4-3-9-20-11/h1-9H,10H2,(H,16,18)/b8-7-. The van der Waals surface area contributed by atoms with Crippen molar-refractivity contribution in [2.75, 3.05) is 16.8 Å². The van der Waals surface area contributed by atoms with Crippen molar-refractivity contribution in [2.45, 2.75) is 0 Å². The monoisotopic (exact) mass is 268 g/mol. The van der Waals surface area contributed by atoms with E-state index in [0.29, 0.717) is 17.1 Å². The number of fused-ring (bicyclic) bond motifs is 1. The van der Waals surface area contributed by atoms with Crippen molar-refractivity contribution in [3.8, 4) is 0 Å². The van der Waals surface area contributed by atoms with Gasteiger partial charge in [-0.2, -0.15) is 0 Å². The molecule has 5 heteroatoms. The van der Waals surface area contributed by atoms with Gasteiger partial charge in [0.1, 0.15) is 12.3 Å². The Labute approximate surface area is 115 Å². The van der Waals surface area contributed by atoms with Crippen molar-refractivity contribution in [1.29, 1.82) is 0 Å². The summed E-state index contributed by atoms with van der Waals surface area (Å²) in [5, 5.41) is 2.74. The number of hydrogen-bond acceptors (Lipinski definition) is 3. The van der Waals surface area contributed by atoms with Crippen LogP contribution in [0.2, 0.25) is 0 Å². The highest BCUT2D eigenvalue weighted by atomic mass is 16.3. The maximum Gasteiger partial charge on any atom is 0.251 e. The Kier molecular flexibility index (Phi) is 3.09. The van der Waals surface area contributed by atoms with Gasteiger partial charge in [-0.1, -0.05) is 12.1 Å². The molecule has 1 aliphatic rings. The zero-order chi connectivity index (χ0) is 13.9. The van der Waals surface area contributed by atoms with Gasteiger partial charge in [0.2, 0.25) is 5.91 Å². The number of anilines is 2. The fourth-order valence-electron chi connectivity index (χ4n) is 2.06. The molecule has 3 rings (SSSR count). The molecule has 1 N–H and O–H groups in total. The molecule has 100 valence electrons. The molecule has 1 aromatic carbocycles. The number of benzene rings is 1. The van der Waals surface area contributed by atoms with Gasteiger partial charge in [0.05, 0.1) is 17.6 Å². The van der Waals surface area contributed by atoms with Gasteiger partial charge in [0, 0.05) is 6.08 Å². The number of hydrogen-bond donors (Lipinski definition) is 1. The third kappa shape index (κ3) is 2.33. The largest absolute Gasteiger partial charge is 0.465 e. The lowest BCUT2D eigenvalue weighted by Gasteiger charge is -2.28. The van der Waals surface area contributed by atoms with Crippen LogP contribution in [-0.4, -0.2) is 18.4 Å². The molecule has 5 nitrogen and oxygen atoms in total. The predicted molar refractivity (Wildman–Crippen MR) is 75.2 cm³/mol. The van der Waals surface area contributed by atoms with Crippen LogP contribution in [0.1, 0.15) is 5.76 Å². The second kappa shape index (κ2) is 5.05. The Balaban J connectivity index is 1.86. The fraction of sp³-hybridized carbons (Fsp3) is 0.0667. The Bertz CT molecular complexity index is 674. The molecule has 2 heterocycles. The number of nitrogens with one attached hydrogen (secondary N) is 1. The van der Waals surface area contributed by atoms with Gasteiger partial charge in [-0.3, -0.25) is 14.5 Å². The van der Waals surface area contributed by atoms with Crippen molar-refractivity contribution in [2.24, 2.45) is 0 Å². The molecule has 0 unspecified atom stereocenters. The lowest BCUT2D eigenvalue weighted by atomic mass is 10.2. The summed E-state index contributed by atoms with van der Waals surface area (Å²) in [6.45, 7) is 0.0122. The van der Waals surface area contributed by atoms with Crippen molar-refractivity contribution < 1.29 is 14.0 Å². The van der Waals surface area contributed by atoms with Gasteiger partial charge >= 0.3 is 0 Å². The van der Waals surface area contributed by atoms with Crippen LogP contribution in [0.3, 0.4) is 0 Å². The molecular formula is C15H12N2O3. The average molecular weight is 268 g/mol. The van der Waals surface area contributed by atoms with Crippen LogP contribution in [0, 0.1) is 0 Å². The maximum atomic E-state index is 12.2. The van der Waals surface area contributed by atoms with Gasteiger partial charge in [0.25, 0.3) is 5.91 Å². The number of para-hydroxylation sites is 2. The summed E-state index contributed by atoms with van der Waals surface area (Å²) in [4.78, 5) is 25.3. The van der Waals surface area contributed by atoms with Crippen molar-refractivity contribution in [3.05, 3.63) is 54.5 Å². The van der Waals surface area contributed by atoms with Crippen molar-refractivity contribution in [1.82, 2.24) is 0 Å². The third-order valence-electron chi connectivity index (χ3n) is 2.97. The van der Waals surface area contributed by atoms with Crippen molar-refractivity contribution >= 4 is 29.3 Å². The summed E-state index contributed by atoms with van der Waals surface area (Å²) in [5.41, 5.74) is 1.34. The smallest absolute Gasteiger partial charge is 0.251 e. The third-order valence-corrected chi connectivity index (χ3v) is 2.97. The number of amides is 2. The second-order valence-corrected chi connectivity index (χ2v) is 4.34. The molecule has 0 bridgehead atoms. The van der Waals surface area contributed by atoms with E-state index in [9.17, 15) is 9.59 Å². The topological polar surface area (TPSA) is 62.6 Å². The molecule has 1 aliphatic heterocycles. The Morgan fingerprint density at radius 3 is 2.90 bits per heavy atom. The summed E-state index contributed by atoms with van der Waals surface area (Å²) < 4.78 is 5.12. The fourth-order valence-corrected chi connectivity index (χ4v) is 2.06. The summed E-state index contributed by atoms with van der Waals surface area (Å²) >= 11 is 0. The quantitative estimate of drug-likeness (QED) is 0.850. The molecule has 20 heavy (non-hydrogen) atoms. The zero-order valence-corrected chi connectivity index (χ0v) is 10.6. The Hall–Kier alpha value is -2.82. The Morgan fingerprint density at radius 2 is 2.10 bits per heavy atom. The highest BCUT2D eigenvalue weighted by Gasteiger charge is 2.25. The average Bonchev–Trinajstić information content (AvgIpc) is 2.97. The minimum atomic E-state index is -0.260. The first kappa shape index (κ1) is 12.2. The van der Waals surface area contributed by atoms with E-state index in [2.05, 4.69) is 5.32 Å². The molecule has 0 saturated carbocycles. The minimum absolute atomic E-state index is 0.0122. The van der Waals surface area contributed by atoms with E-state index in [-0.39, 0.29) is 18.4 Å². The van der Waals surface area contributed by atoms with Crippen molar-refractivity contribution in [3.63, 3.8) is 0 Å². The molecule has 0 aliphatic carbocycles.